The van der Waals surface area contributed by atoms with Crippen LogP contribution in [0, 0.1) is 0 Å². The summed E-state index contributed by atoms with van der Waals surface area (Å²) in [4.78, 5) is 0. The summed E-state index contributed by atoms with van der Waals surface area (Å²) in [5.41, 5.74) is 0. The molecule has 20 heavy (non-hydrogen) atoms. The van der Waals surface area contributed by atoms with Crippen molar-refractivity contribution < 1.29 is 2.81 Å². The van der Waals surface area contributed by atoms with Gasteiger partial charge in [-0.1, -0.05) is 0 Å². The van der Waals surface area contributed by atoms with E-state index in [1.54, 1.807) is 0 Å². The van der Waals surface area contributed by atoms with Gasteiger partial charge in [-0.15, -0.1) is 0 Å². The van der Waals surface area contributed by atoms with Gasteiger partial charge >= 0.3 is 124 Å². The van der Waals surface area contributed by atoms with Gasteiger partial charge in [0.1, 0.15) is 0 Å². The minimum absolute atomic E-state index is 0.850. The Kier molecular flexibility index (Phi) is 3.89. The fourth-order valence-corrected chi connectivity index (χ4v) is 9.89. The molecule has 0 unspecified atom stereocenters. The molecule has 0 saturated heterocycles. The Labute approximate surface area is 123 Å². The molecule has 0 fully saturated rings. The van der Waals surface area contributed by atoms with Crippen molar-refractivity contribution in [2.24, 2.45) is 0 Å². The molecule has 0 heterocycles. The predicted octanol–water partition coefficient (Wildman–Crippen LogP) is 2.62. The maximum absolute atomic E-state index is 16.2. The molecular formula is C18H15FSb. The van der Waals surface area contributed by atoms with Crippen molar-refractivity contribution in [1.29, 1.82) is 0 Å². The molecule has 0 bridgehead atoms. The summed E-state index contributed by atoms with van der Waals surface area (Å²) in [6.45, 7) is 0. The third-order valence-corrected chi connectivity index (χ3v) is 12.0. The molecule has 3 aromatic rings. The Bertz CT molecular complexity index is 569. The van der Waals surface area contributed by atoms with E-state index in [0.29, 0.717) is 0 Å². The molecule has 3 aromatic carbocycles. The van der Waals surface area contributed by atoms with Crippen LogP contribution in [0.3, 0.4) is 0 Å². The molecule has 0 atom stereocenters. The molecule has 0 aliphatic carbocycles. The normalized spacial score (nSPS) is 11.2. The van der Waals surface area contributed by atoms with E-state index in [0.717, 1.165) is 10.5 Å². The molecule has 0 saturated carbocycles. The molecule has 0 aliphatic heterocycles. The van der Waals surface area contributed by atoms with Crippen molar-refractivity contribution in [3.8, 4) is 0 Å². The van der Waals surface area contributed by atoms with E-state index in [1.807, 2.05) is 91.0 Å². The summed E-state index contributed by atoms with van der Waals surface area (Å²) >= 11 is -4.15. The van der Waals surface area contributed by atoms with Gasteiger partial charge in [0.2, 0.25) is 0 Å². The third kappa shape index (κ3) is 2.39. The Morgan fingerprint density at radius 2 is 0.700 bits per heavy atom. The molecule has 1 radical (unpaired) electrons. The van der Waals surface area contributed by atoms with Gasteiger partial charge in [0.15, 0.2) is 0 Å². The van der Waals surface area contributed by atoms with Gasteiger partial charge in [0.05, 0.1) is 0 Å². The Morgan fingerprint density at radius 1 is 0.450 bits per heavy atom. The summed E-state index contributed by atoms with van der Waals surface area (Å²) in [6, 6.07) is 28.9. The van der Waals surface area contributed by atoms with Crippen LogP contribution in [0.4, 0.5) is 2.81 Å². The van der Waals surface area contributed by atoms with Gasteiger partial charge in [-0.2, -0.15) is 0 Å². The quantitative estimate of drug-likeness (QED) is 0.621. The van der Waals surface area contributed by atoms with Crippen molar-refractivity contribution in [2.45, 2.75) is 0 Å². The fraction of sp³-hybridized carbons (Fsp3) is 0. The number of benzene rings is 3. The van der Waals surface area contributed by atoms with Crippen molar-refractivity contribution in [3.05, 3.63) is 91.0 Å². The van der Waals surface area contributed by atoms with Gasteiger partial charge in [-0.3, -0.25) is 0 Å². The summed E-state index contributed by atoms with van der Waals surface area (Å²) in [5.74, 6) is 0. The first-order chi connectivity index (χ1) is 9.82. The standard InChI is InChI=1S/3C6H5.FH.Sb/c3*1-2-4-6-5-3-1;;/h3*1-5H;1H;/q;;;;+1/p-1. The van der Waals surface area contributed by atoms with Gasteiger partial charge in [0.25, 0.3) is 0 Å². The van der Waals surface area contributed by atoms with Crippen LogP contribution < -0.4 is 10.5 Å². The second-order valence-electron chi connectivity index (χ2n) is 4.60. The van der Waals surface area contributed by atoms with Crippen molar-refractivity contribution in [3.63, 3.8) is 0 Å². The van der Waals surface area contributed by atoms with Crippen LogP contribution in [0.1, 0.15) is 0 Å². The average Bonchev–Trinajstić information content (AvgIpc) is 2.56. The van der Waals surface area contributed by atoms with Crippen molar-refractivity contribution >= 4 is 29.9 Å². The number of rotatable bonds is 3. The van der Waals surface area contributed by atoms with E-state index >= 15 is 2.81 Å². The zero-order valence-electron chi connectivity index (χ0n) is 11.0. The van der Waals surface area contributed by atoms with Crippen LogP contribution in [-0.4, -0.2) is 19.4 Å². The predicted molar refractivity (Wildman–Crippen MR) is 85.1 cm³/mol. The summed E-state index contributed by atoms with van der Waals surface area (Å²) < 4.78 is 18.7. The first-order valence-corrected chi connectivity index (χ1v) is 11.4. The van der Waals surface area contributed by atoms with E-state index in [9.17, 15) is 0 Å². The zero-order valence-corrected chi connectivity index (χ0v) is 13.5. The van der Waals surface area contributed by atoms with E-state index in [2.05, 4.69) is 0 Å². The second kappa shape index (κ2) is 5.81. The van der Waals surface area contributed by atoms with E-state index in [4.69, 9.17) is 0 Å². The van der Waals surface area contributed by atoms with Crippen molar-refractivity contribution in [2.75, 3.05) is 0 Å². The fourth-order valence-electron chi connectivity index (χ4n) is 2.35. The molecule has 0 spiro atoms. The second-order valence-corrected chi connectivity index (χ2v) is 12.4. The molecule has 99 valence electrons. The topological polar surface area (TPSA) is 0 Å². The molecule has 0 aromatic heterocycles. The number of hydrogen-bond donors (Lipinski definition) is 0. The molecule has 3 rings (SSSR count). The molecule has 0 amide bonds. The van der Waals surface area contributed by atoms with E-state index in [-0.39, 0.29) is 0 Å². The first kappa shape index (κ1) is 13.4. The van der Waals surface area contributed by atoms with Crippen LogP contribution in [0.15, 0.2) is 91.0 Å². The Hall–Kier alpha value is -1.59. The van der Waals surface area contributed by atoms with Gasteiger partial charge in [0, 0.05) is 0 Å². The zero-order chi connectivity index (χ0) is 13.8. The van der Waals surface area contributed by atoms with E-state index in [1.165, 1.54) is 0 Å². The van der Waals surface area contributed by atoms with Gasteiger partial charge in [-0.05, 0) is 0 Å². The van der Waals surface area contributed by atoms with Crippen LogP contribution in [0.25, 0.3) is 0 Å². The van der Waals surface area contributed by atoms with Gasteiger partial charge in [-0.25, -0.2) is 0 Å². The van der Waals surface area contributed by atoms with E-state index < -0.39 is 19.4 Å². The molecule has 0 nitrogen and oxygen atoms in total. The summed E-state index contributed by atoms with van der Waals surface area (Å²) in [6.07, 6.45) is 0. The Balaban J connectivity index is 2.24. The summed E-state index contributed by atoms with van der Waals surface area (Å²) in [7, 11) is 0. The molecular weight excluding hydrogens is 357 g/mol. The maximum atomic E-state index is 16.2. The summed E-state index contributed by atoms with van der Waals surface area (Å²) in [5, 5.41) is 0. The van der Waals surface area contributed by atoms with Crippen LogP contribution in [0.5, 0.6) is 0 Å². The molecule has 0 aliphatic rings. The Morgan fingerprint density at radius 3 is 0.950 bits per heavy atom. The molecule has 0 N–H and O–H groups in total. The third-order valence-electron chi connectivity index (χ3n) is 3.34. The first-order valence-electron chi connectivity index (χ1n) is 6.57. The number of hydrogen-bond acceptors (Lipinski definition) is 0. The number of halogens is 1. The molecule has 2 heteroatoms. The van der Waals surface area contributed by atoms with Gasteiger partial charge < -0.3 is 0 Å². The van der Waals surface area contributed by atoms with Crippen molar-refractivity contribution in [1.82, 2.24) is 0 Å². The minimum atomic E-state index is -4.15. The monoisotopic (exact) mass is 371 g/mol. The SMILES string of the molecule is [F][Sb]([c]1ccccc1)([c]1ccccc1)[c]1ccccc1. The van der Waals surface area contributed by atoms with Crippen LogP contribution in [-0.2, 0) is 0 Å². The van der Waals surface area contributed by atoms with Crippen LogP contribution in [0.2, 0.25) is 0 Å². The average molecular weight is 372 g/mol. The van der Waals surface area contributed by atoms with Crippen LogP contribution >= 0.6 is 0 Å².